The Labute approximate surface area is 132 Å². The van der Waals surface area contributed by atoms with Gasteiger partial charge in [0.1, 0.15) is 5.78 Å². The molecule has 1 amide bonds. The van der Waals surface area contributed by atoms with Gasteiger partial charge < -0.3 is 15.8 Å². The summed E-state index contributed by atoms with van der Waals surface area (Å²) in [5.74, 6) is -0.0197. The summed E-state index contributed by atoms with van der Waals surface area (Å²) in [6.07, 6.45) is 0.318. The number of nitrogens with one attached hydrogen (secondary N) is 3. The molecule has 9 heteroatoms. The van der Waals surface area contributed by atoms with E-state index in [-0.39, 0.29) is 29.8 Å². The molecule has 0 saturated heterocycles. The summed E-state index contributed by atoms with van der Waals surface area (Å²) in [6.45, 7) is 3.50. The van der Waals surface area contributed by atoms with Gasteiger partial charge >= 0.3 is 0 Å². The summed E-state index contributed by atoms with van der Waals surface area (Å²) in [4.78, 5) is 24.9. The Morgan fingerprint density at radius 2 is 2.19 bits per heavy atom. The van der Waals surface area contributed by atoms with E-state index < -0.39 is 0 Å². The van der Waals surface area contributed by atoms with Crippen LogP contribution in [0.1, 0.15) is 31.2 Å². The van der Waals surface area contributed by atoms with Gasteiger partial charge in [-0.05, 0) is 25.3 Å². The fourth-order valence-corrected chi connectivity index (χ4v) is 2.92. The molecule has 1 rings (SSSR count). The first-order chi connectivity index (χ1) is 9.99. The Morgan fingerprint density at radius 3 is 2.67 bits per heavy atom. The first-order valence-corrected chi connectivity index (χ1v) is 8.11. The molecule has 0 aliphatic heterocycles. The molecule has 1 aromatic rings. The highest BCUT2D eigenvalue weighted by Crippen LogP contribution is 2.22. The van der Waals surface area contributed by atoms with Crippen LogP contribution in [-0.4, -0.2) is 46.8 Å². The standard InChI is InChI=1S/C12H22B3N3O2S/c1-7(19)6-9(10-4-3-5-21-10)16-12(20)11(18-15-13)8(2)17-14/h3-5,8-9,11,15,17-18H,6,13-14H2,1-2H3,(H,16,20)/t8-,9-,11-/m0/s1. The van der Waals surface area contributed by atoms with E-state index in [1.807, 2.05) is 40.2 Å². The first-order valence-electron chi connectivity index (χ1n) is 7.23. The molecule has 0 spiro atoms. The van der Waals surface area contributed by atoms with Crippen LogP contribution in [0.4, 0.5) is 0 Å². The Morgan fingerprint density at radius 1 is 1.48 bits per heavy atom. The number of amides is 1. The summed E-state index contributed by atoms with van der Waals surface area (Å²) in [7, 11) is 4.50. The fraction of sp³-hybridized carbons (Fsp3) is 0.500. The van der Waals surface area contributed by atoms with Crippen LogP contribution in [0.5, 0.6) is 0 Å². The smallest absolute Gasteiger partial charge is 0.238 e. The molecule has 21 heavy (non-hydrogen) atoms. The largest absolute Gasteiger partial charge is 0.358 e. The number of thiophene rings is 1. The Balaban J connectivity index is 2.80. The lowest BCUT2D eigenvalue weighted by Gasteiger charge is -2.26. The lowest BCUT2D eigenvalue weighted by atomic mass is 9.66. The van der Waals surface area contributed by atoms with Crippen molar-refractivity contribution in [3.05, 3.63) is 22.4 Å². The number of ketones is 1. The summed E-state index contributed by atoms with van der Waals surface area (Å²) >= 11 is 1.55. The molecule has 3 N–H and O–H groups in total. The van der Waals surface area contributed by atoms with Crippen molar-refractivity contribution in [2.45, 2.75) is 38.4 Å². The average molecular weight is 305 g/mol. The summed E-state index contributed by atoms with van der Waals surface area (Å²) in [5.41, 5.74) is 0. The molecule has 0 aromatic carbocycles. The zero-order valence-corrected chi connectivity index (χ0v) is 13.9. The predicted molar refractivity (Wildman–Crippen MR) is 94.3 cm³/mol. The average Bonchev–Trinajstić information content (AvgIpc) is 2.96. The second kappa shape index (κ2) is 9.07. The fourth-order valence-electron chi connectivity index (χ4n) is 2.14. The number of Topliss-reactive ketones (excluding diaryl/α,β-unsaturated/α-hetero) is 1. The molecule has 1 aromatic heterocycles. The van der Waals surface area contributed by atoms with Crippen LogP contribution < -0.4 is 15.8 Å². The summed E-state index contributed by atoms with van der Waals surface area (Å²) in [6, 6.07) is 3.31. The van der Waals surface area contributed by atoms with Gasteiger partial charge in [0, 0.05) is 17.3 Å². The van der Waals surface area contributed by atoms with E-state index in [0.29, 0.717) is 13.7 Å². The van der Waals surface area contributed by atoms with Crippen molar-refractivity contribution in [2.75, 3.05) is 0 Å². The molecule has 0 unspecified atom stereocenters. The molecular formula is C12H22B3N3O2S. The molecule has 0 aliphatic carbocycles. The number of hydrogen-bond donors (Lipinski definition) is 3. The second-order valence-electron chi connectivity index (χ2n) is 5.10. The molecule has 5 nitrogen and oxygen atoms in total. The topological polar surface area (TPSA) is 70.2 Å². The Kier molecular flexibility index (Phi) is 7.78. The monoisotopic (exact) mass is 305 g/mol. The van der Waals surface area contributed by atoms with Crippen LogP contribution in [0.3, 0.4) is 0 Å². The van der Waals surface area contributed by atoms with Crippen LogP contribution >= 0.6 is 11.3 Å². The van der Waals surface area contributed by atoms with Gasteiger partial charge in [0.25, 0.3) is 0 Å². The molecular weight excluding hydrogens is 283 g/mol. The number of hydrogen-bond acceptors (Lipinski definition) is 5. The van der Waals surface area contributed by atoms with Crippen molar-refractivity contribution in [1.29, 1.82) is 0 Å². The molecule has 0 fully saturated rings. The third kappa shape index (κ3) is 5.69. The van der Waals surface area contributed by atoms with E-state index in [1.165, 1.54) is 0 Å². The SMILES string of the molecule is BBN[C@H](C(=O)N[C@@H](CC(C)=O)c1cccs1)[C@H](C)NB. The first kappa shape index (κ1) is 18.0. The van der Waals surface area contributed by atoms with E-state index in [1.54, 1.807) is 18.3 Å². The van der Waals surface area contributed by atoms with Crippen molar-refractivity contribution in [2.24, 2.45) is 0 Å². The van der Waals surface area contributed by atoms with Crippen molar-refractivity contribution < 1.29 is 9.59 Å². The van der Waals surface area contributed by atoms with Gasteiger partial charge in [-0.3, -0.25) is 9.59 Å². The lowest BCUT2D eigenvalue weighted by molar-refractivity contribution is -0.124. The third-order valence-corrected chi connectivity index (χ3v) is 4.34. The van der Waals surface area contributed by atoms with Gasteiger partial charge in [0.15, 0.2) is 15.3 Å². The quantitative estimate of drug-likeness (QED) is 0.474. The van der Waals surface area contributed by atoms with Crippen LogP contribution in [0.25, 0.3) is 0 Å². The van der Waals surface area contributed by atoms with Gasteiger partial charge in [-0.15, -0.1) is 11.3 Å². The normalized spacial score (nSPS) is 15.0. The highest BCUT2D eigenvalue weighted by Gasteiger charge is 2.26. The maximum Gasteiger partial charge on any atom is 0.238 e. The predicted octanol–water partition coefficient (Wildman–Crippen LogP) is -1.73. The maximum atomic E-state index is 12.5. The van der Waals surface area contributed by atoms with Crippen molar-refractivity contribution >= 4 is 46.1 Å². The summed E-state index contributed by atoms with van der Waals surface area (Å²) < 4.78 is 0. The molecule has 0 aliphatic rings. The summed E-state index contributed by atoms with van der Waals surface area (Å²) in [5, 5.41) is 11.2. The Hall–Kier alpha value is -1.05. The highest BCUT2D eigenvalue weighted by molar-refractivity contribution is 7.10. The molecule has 1 heterocycles. The Bertz CT molecular complexity index is 459. The minimum absolute atomic E-state index is 0.00580. The van der Waals surface area contributed by atoms with Crippen LogP contribution in [0.2, 0.25) is 0 Å². The molecule has 3 atom stereocenters. The van der Waals surface area contributed by atoms with Gasteiger partial charge in [0.05, 0.1) is 19.8 Å². The maximum absolute atomic E-state index is 12.5. The van der Waals surface area contributed by atoms with Crippen molar-refractivity contribution in [1.82, 2.24) is 15.8 Å². The van der Waals surface area contributed by atoms with Crippen LogP contribution in [0, 0.1) is 0 Å². The number of rotatable bonds is 9. The molecule has 0 radical (unpaired) electrons. The van der Waals surface area contributed by atoms with Crippen LogP contribution in [0.15, 0.2) is 17.5 Å². The number of carbonyl (C=O) groups excluding carboxylic acids is 2. The van der Waals surface area contributed by atoms with E-state index in [9.17, 15) is 9.59 Å². The third-order valence-electron chi connectivity index (χ3n) is 3.36. The van der Waals surface area contributed by atoms with Crippen molar-refractivity contribution in [3.8, 4) is 0 Å². The number of carbonyl (C=O) groups is 2. The van der Waals surface area contributed by atoms with Gasteiger partial charge in [-0.25, -0.2) is 0 Å². The zero-order chi connectivity index (χ0) is 15.8. The molecule has 112 valence electrons. The second-order valence-corrected chi connectivity index (χ2v) is 6.07. The lowest BCUT2D eigenvalue weighted by Crippen LogP contribution is -2.56. The minimum atomic E-state index is -0.325. The van der Waals surface area contributed by atoms with Gasteiger partial charge in [-0.1, -0.05) is 6.07 Å². The van der Waals surface area contributed by atoms with E-state index in [2.05, 4.69) is 15.8 Å². The zero-order valence-electron chi connectivity index (χ0n) is 13.1. The van der Waals surface area contributed by atoms with Crippen molar-refractivity contribution in [3.63, 3.8) is 0 Å². The molecule has 0 saturated carbocycles. The highest BCUT2D eigenvalue weighted by atomic mass is 32.1. The van der Waals surface area contributed by atoms with Gasteiger partial charge in [0.2, 0.25) is 5.91 Å². The van der Waals surface area contributed by atoms with E-state index in [0.717, 1.165) is 4.88 Å². The van der Waals surface area contributed by atoms with Crippen LogP contribution in [-0.2, 0) is 9.59 Å². The van der Waals surface area contributed by atoms with E-state index in [4.69, 9.17) is 0 Å². The minimum Gasteiger partial charge on any atom is -0.358 e. The van der Waals surface area contributed by atoms with Gasteiger partial charge in [-0.2, -0.15) is 0 Å². The van der Waals surface area contributed by atoms with E-state index >= 15 is 0 Å². The molecule has 0 bridgehead atoms.